The first-order chi connectivity index (χ1) is 41.7. The van der Waals surface area contributed by atoms with Gasteiger partial charge in [-0.25, -0.2) is 0 Å². The number of rotatable bonds is 10. The van der Waals surface area contributed by atoms with Gasteiger partial charge in [0.05, 0.1) is 32.8 Å². The number of benzene rings is 13. The molecule has 4 heterocycles. The highest BCUT2D eigenvalue weighted by molar-refractivity contribution is 6.29. The molecule has 0 atom stereocenters. The first kappa shape index (κ1) is 47.5. The number of aromatic nitrogens is 2. The van der Waals surface area contributed by atoms with Crippen LogP contribution in [0.5, 0.6) is 0 Å². The Balaban J connectivity index is 0.848. The molecular formula is C78H50N4O2. The molecule has 0 aliphatic heterocycles. The van der Waals surface area contributed by atoms with Gasteiger partial charge in [-0.2, -0.15) is 0 Å². The van der Waals surface area contributed by atoms with Gasteiger partial charge < -0.3 is 27.8 Å². The number of furan rings is 2. The minimum absolute atomic E-state index is 0.856. The van der Waals surface area contributed by atoms with Crippen LogP contribution in [-0.4, -0.2) is 9.13 Å². The molecule has 6 nitrogen and oxygen atoms in total. The van der Waals surface area contributed by atoms with Gasteiger partial charge in [0.1, 0.15) is 22.3 Å². The van der Waals surface area contributed by atoms with Gasteiger partial charge in [0.25, 0.3) is 0 Å². The Morgan fingerprint density at radius 1 is 0.226 bits per heavy atom. The molecule has 394 valence electrons. The third-order valence-corrected chi connectivity index (χ3v) is 16.9. The topological polar surface area (TPSA) is 42.6 Å². The third kappa shape index (κ3) is 7.58. The second kappa shape index (κ2) is 19.2. The zero-order chi connectivity index (χ0) is 55.2. The Morgan fingerprint density at radius 2 is 0.631 bits per heavy atom. The molecule has 0 saturated heterocycles. The first-order valence-electron chi connectivity index (χ1n) is 28.6. The monoisotopic (exact) mass is 1070 g/mol. The SMILES string of the molecule is c1ccc(-c2ccc(N(c3ccccc3)c3ccc4c(c3)c3c5oc6c(ccc7c6c6ccccc6n7-c6ccc7oc8ccccc8c7c6)c5ccc3n4-c3ccc(-c4ccc(N(c5ccccc5)c5ccccc5)cc4)cc3)cc2)cc1. The van der Waals surface area contributed by atoms with E-state index in [4.69, 9.17) is 8.83 Å². The lowest BCUT2D eigenvalue weighted by Crippen LogP contribution is -2.09. The lowest BCUT2D eigenvalue weighted by molar-refractivity contribution is 0.669. The molecule has 17 aromatic rings. The van der Waals surface area contributed by atoms with E-state index < -0.39 is 0 Å². The summed E-state index contributed by atoms with van der Waals surface area (Å²) in [5.41, 5.74) is 21.0. The van der Waals surface area contributed by atoms with Crippen LogP contribution in [0.2, 0.25) is 0 Å². The van der Waals surface area contributed by atoms with Crippen LogP contribution in [0.4, 0.5) is 34.1 Å². The van der Waals surface area contributed by atoms with Gasteiger partial charge in [0.2, 0.25) is 0 Å². The summed E-state index contributed by atoms with van der Waals surface area (Å²) < 4.78 is 18.6. The summed E-state index contributed by atoms with van der Waals surface area (Å²) in [4.78, 5) is 4.66. The summed E-state index contributed by atoms with van der Waals surface area (Å²) in [7, 11) is 0. The van der Waals surface area contributed by atoms with Crippen LogP contribution in [0.1, 0.15) is 0 Å². The highest BCUT2D eigenvalue weighted by Crippen LogP contribution is 2.47. The minimum Gasteiger partial charge on any atom is -0.456 e. The molecule has 84 heavy (non-hydrogen) atoms. The molecule has 17 rings (SSSR count). The molecule has 0 bridgehead atoms. The maximum Gasteiger partial charge on any atom is 0.145 e. The van der Waals surface area contributed by atoms with Crippen molar-refractivity contribution in [2.45, 2.75) is 0 Å². The molecule has 13 aromatic carbocycles. The fraction of sp³-hybridized carbons (Fsp3) is 0. The molecule has 0 saturated carbocycles. The van der Waals surface area contributed by atoms with E-state index in [1.54, 1.807) is 0 Å². The van der Waals surface area contributed by atoms with Crippen molar-refractivity contribution in [1.82, 2.24) is 9.13 Å². The van der Waals surface area contributed by atoms with Crippen molar-refractivity contribution in [3.8, 4) is 33.6 Å². The lowest BCUT2D eigenvalue weighted by atomic mass is 10.0. The van der Waals surface area contributed by atoms with Gasteiger partial charge in [-0.3, -0.25) is 0 Å². The average Bonchev–Trinajstić information content (AvgIpc) is 2.22. The Hall–Kier alpha value is -11.3. The van der Waals surface area contributed by atoms with Crippen molar-refractivity contribution in [2.24, 2.45) is 0 Å². The highest BCUT2D eigenvalue weighted by atomic mass is 16.3. The summed E-state index contributed by atoms with van der Waals surface area (Å²) in [5, 5.41) is 8.70. The second-order valence-electron chi connectivity index (χ2n) is 21.6. The van der Waals surface area contributed by atoms with E-state index in [1.807, 2.05) is 12.1 Å². The maximum absolute atomic E-state index is 7.54. The molecule has 0 fully saturated rings. The molecule has 6 heteroatoms. The van der Waals surface area contributed by atoms with Crippen molar-refractivity contribution < 1.29 is 8.83 Å². The largest absolute Gasteiger partial charge is 0.456 e. The van der Waals surface area contributed by atoms with Crippen LogP contribution in [-0.2, 0) is 0 Å². The second-order valence-corrected chi connectivity index (χ2v) is 21.6. The molecule has 0 amide bonds. The van der Waals surface area contributed by atoms with Crippen LogP contribution in [0, 0.1) is 0 Å². The van der Waals surface area contributed by atoms with E-state index >= 15 is 0 Å². The first-order valence-corrected chi connectivity index (χ1v) is 28.6. The smallest absolute Gasteiger partial charge is 0.145 e. The summed E-state index contributed by atoms with van der Waals surface area (Å²) in [6.45, 7) is 0. The molecule has 0 unspecified atom stereocenters. The molecule has 0 N–H and O–H groups in total. The van der Waals surface area contributed by atoms with Crippen molar-refractivity contribution in [3.63, 3.8) is 0 Å². The number of fused-ring (bicyclic) bond motifs is 14. The van der Waals surface area contributed by atoms with Crippen LogP contribution >= 0.6 is 0 Å². The van der Waals surface area contributed by atoms with Crippen molar-refractivity contribution >= 4 is 122 Å². The van der Waals surface area contributed by atoms with Gasteiger partial charge in [-0.1, -0.05) is 158 Å². The van der Waals surface area contributed by atoms with Crippen LogP contribution in [0.15, 0.2) is 312 Å². The third-order valence-electron chi connectivity index (χ3n) is 16.9. The molecular weight excluding hydrogens is 1020 g/mol. The van der Waals surface area contributed by atoms with Gasteiger partial charge in [-0.05, 0) is 168 Å². The Kier molecular flexibility index (Phi) is 10.8. The van der Waals surface area contributed by atoms with Crippen molar-refractivity contribution in [1.29, 1.82) is 0 Å². The fourth-order valence-corrected chi connectivity index (χ4v) is 13.0. The normalized spacial score (nSPS) is 11.8. The van der Waals surface area contributed by atoms with Gasteiger partial charge in [0.15, 0.2) is 0 Å². The quantitative estimate of drug-likeness (QED) is 0.137. The molecule has 0 radical (unpaired) electrons. The molecule has 0 spiro atoms. The Bertz CT molecular complexity index is 5300. The fourth-order valence-electron chi connectivity index (χ4n) is 13.0. The minimum atomic E-state index is 0.856. The molecule has 0 aliphatic carbocycles. The van der Waals surface area contributed by atoms with Crippen LogP contribution in [0.25, 0.3) is 121 Å². The number of hydrogen-bond donors (Lipinski definition) is 0. The van der Waals surface area contributed by atoms with E-state index in [1.165, 1.54) is 11.1 Å². The van der Waals surface area contributed by atoms with Crippen molar-refractivity contribution in [2.75, 3.05) is 9.80 Å². The average molecular weight is 1080 g/mol. The highest BCUT2D eigenvalue weighted by Gasteiger charge is 2.25. The number of hydrogen-bond acceptors (Lipinski definition) is 4. The lowest BCUT2D eigenvalue weighted by Gasteiger charge is -2.26. The summed E-state index contributed by atoms with van der Waals surface area (Å²) in [6, 6.07) is 109. The zero-order valence-electron chi connectivity index (χ0n) is 45.5. The number of para-hydroxylation sites is 5. The van der Waals surface area contributed by atoms with E-state index in [9.17, 15) is 0 Å². The predicted molar refractivity (Wildman–Crippen MR) is 350 cm³/mol. The Labute approximate surface area is 483 Å². The van der Waals surface area contributed by atoms with Crippen LogP contribution in [0.3, 0.4) is 0 Å². The summed E-state index contributed by atoms with van der Waals surface area (Å²) >= 11 is 0. The maximum atomic E-state index is 7.54. The van der Waals surface area contributed by atoms with Gasteiger partial charge in [-0.15, -0.1) is 0 Å². The standard InChI is InChI=1S/C78H50N4O2/c1-5-17-51(18-6-1)52-29-37-59(38-30-52)80(57-23-11-4-12-24-57)61-41-45-70-68(50-61)76-72(81(70)60-39-33-54(34-40-60)53-31-35-58(36-32-53)79(55-19-7-2-8-20-55)56-21-9-3-10-22-56)47-44-65-64-43-46-71-75(77(64)84-78(65)76)66-26-13-15-27-69(66)82(71)62-42-48-74-67(49-62)63-25-14-16-28-73(63)83-74/h1-50H. The summed E-state index contributed by atoms with van der Waals surface area (Å²) in [6.07, 6.45) is 0. The zero-order valence-corrected chi connectivity index (χ0v) is 45.5. The molecule has 0 aliphatic rings. The Morgan fingerprint density at radius 3 is 1.23 bits per heavy atom. The van der Waals surface area contributed by atoms with Gasteiger partial charge >= 0.3 is 0 Å². The van der Waals surface area contributed by atoms with E-state index in [-0.39, 0.29) is 0 Å². The number of anilines is 6. The molecule has 4 aromatic heterocycles. The van der Waals surface area contributed by atoms with E-state index in [0.29, 0.717) is 0 Å². The predicted octanol–water partition coefficient (Wildman–Crippen LogP) is 22.0. The van der Waals surface area contributed by atoms with Gasteiger partial charge in [0, 0.05) is 77.8 Å². The van der Waals surface area contributed by atoms with Crippen LogP contribution < -0.4 is 9.80 Å². The summed E-state index contributed by atoms with van der Waals surface area (Å²) in [5.74, 6) is 0. The number of nitrogens with zero attached hydrogens (tertiary/aromatic N) is 4. The van der Waals surface area contributed by atoms with E-state index in [0.717, 1.165) is 144 Å². The van der Waals surface area contributed by atoms with E-state index in [2.05, 4.69) is 310 Å². The van der Waals surface area contributed by atoms with Crippen molar-refractivity contribution in [3.05, 3.63) is 303 Å².